The van der Waals surface area contributed by atoms with Gasteiger partial charge in [-0.05, 0) is 31.9 Å². The predicted molar refractivity (Wildman–Crippen MR) is 102 cm³/mol. The van der Waals surface area contributed by atoms with Gasteiger partial charge in [0.1, 0.15) is 11.9 Å². The number of carbonyl (C=O) groups excluding carboxylic acids is 1. The summed E-state index contributed by atoms with van der Waals surface area (Å²) >= 11 is 0. The number of rotatable bonds is 4. The molecule has 0 radical (unpaired) electrons. The number of urea groups is 1. The van der Waals surface area contributed by atoms with E-state index < -0.39 is 0 Å². The number of nitrogens with one attached hydrogen (secondary N) is 1. The highest BCUT2D eigenvalue weighted by atomic mass is 16.2. The molecule has 140 valence electrons. The fourth-order valence-electron chi connectivity index (χ4n) is 3.42. The second-order valence-electron chi connectivity index (χ2n) is 6.97. The van der Waals surface area contributed by atoms with Crippen molar-refractivity contribution in [1.82, 2.24) is 19.7 Å². The minimum atomic E-state index is -0.106. The second kappa shape index (κ2) is 7.27. The van der Waals surface area contributed by atoms with Crippen molar-refractivity contribution in [1.29, 1.82) is 5.26 Å². The molecule has 1 saturated heterocycles. The van der Waals surface area contributed by atoms with Crippen LogP contribution in [0.1, 0.15) is 36.9 Å². The summed E-state index contributed by atoms with van der Waals surface area (Å²) in [5.41, 5.74) is 1.78. The van der Waals surface area contributed by atoms with Crippen molar-refractivity contribution in [2.75, 3.05) is 36.4 Å². The first-order chi connectivity index (χ1) is 13.2. The van der Waals surface area contributed by atoms with E-state index in [1.54, 1.807) is 12.3 Å². The Balaban J connectivity index is 1.34. The van der Waals surface area contributed by atoms with E-state index in [-0.39, 0.29) is 6.03 Å². The van der Waals surface area contributed by atoms with Crippen LogP contribution in [-0.4, -0.2) is 51.9 Å². The number of nitriles is 1. The number of hydrogen-bond donors (Lipinski definition) is 1. The van der Waals surface area contributed by atoms with Gasteiger partial charge in [-0.25, -0.2) is 9.78 Å². The van der Waals surface area contributed by atoms with Crippen molar-refractivity contribution in [3.05, 3.63) is 35.7 Å². The van der Waals surface area contributed by atoms with Gasteiger partial charge < -0.3 is 9.80 Å². The molecule has 1 aliphatic carbocycles. The summed E-state index contributed by atoms with van der Waals surface area (Å²) < 4.78 is 1.99. The molecule has 0 spiro atoms. The summed E-state index contributed by atoms with van der Waals surface area (Å²) in [6.45, 7) is 5.56. The number of anilines is 2. The first-order valence-electron chi connectivity index (χ1n) is 9.42. The van der Waals surface area contributed by atoms with Crippen LogP contribution in [0.3, 0.4) is 0 Å². The Labute approximate surface area is 158 Å². The molecule has 2 aromatic heterocycles. The summed E-state index contributed by atoms with van der Waals surface area (Å²) in [5, 5.41) is 16.3. The Morgan fingerprint density at radius 1 is 1.30 bits per heavy atom. The van der Waals surface area contributed by atoms with Gasteiger partial charge in [0.2, 0.25) is 0 Å². The zero-order valence-corrected chi connectivity index (χ0v) is 15.4. The molecule has 3 heterocycles. The molecule has 1 N–H and O–H groups in total. The third-order valence-corrected chi connectivity index (χ3v) is 5.11. The zero-order valence-electron chi connectivity index (χ0n) is 15.4. The van der Waals surface area contributed by atoms with Crippen LogP contribution in [0.4, 0.5) is 16.4 Å². The Morgan fingerprint density at radius 3 is 2.67 bits per heavy atom. The number of hydrogen-bond acceptors (Lipinski definition) is 5. The highest BCUT2D eigenvalue weighted by Crippen LogP contribution is 2.40. The topological polar surface area (TPSA) is 90.1 Å². The number of carbonyl (C=O) groups is 1. The van der Waals surface area contributed by atoms with Crippen molar-refractivity contribution in [3.63, 3.8) is 0 Å². The Bertz CT molecular complexity index is 855. The maximum Gasteiger partial charge on any atom is 0.323 e. The van der Waals surface area contributed by atoms with Gasteiger partial charge in [-0.3, -0.25) is 10.00 Å². The van der Waals surface area contributed by atoms with Crippen LogP contribution >= 0.6 is 0 Å². The van der Waals surface area contributed by atoms with Gasteiger partial charge in [-0.1, -0.05) is 0 Å². The molecule has 1 saturated carbocycles. The van der Waals surface area contributed by atoms with Gasteiger partial charge >= 0.3 is 6.03 Å². The van der Waals surface area contributed by atoms with Crippen LogP contribution in [0.5, 0.6) is 0 Å². The Hall–Kier alpha value is -3.08. The number of aryl methyl sites for hydroxylation is 1. The van der Waals surface area contributed by atoms with E-state index >= 15 is 0 Å². The monoisotopic (exact) mass is 365 g/mol. The lowest BCUT2D eigenvalue weighted by Crippen LogP contribution is -2.50. The van der Waals surface area contributed by atoms with Crippen LogP contribution in [0.15, 0.2) is 24.4 Å². The summed E-state index contributed by atoms with van der Waals surface area (Å²) in [6, 6.07) is 7.60. The summed E-state index contributed by atoms with van der Waals surface area (Å²) in [4.78, 5) is 20.8. The molecule has 27 heavy (non-hydrogen) atoms. The van der Waals surface area contributed by atoms with Crippen molar-refractivity contribution >= 4 is 17.7 Å². The fourth-order valence-corrected chi connectivity index (χ4v) is 3.42. The number of pyridine rings is 1. The highest BCUT2D eigenvalue weighted by molar-refractivity contribution is 5.88. The van der Waals surface area contributed by atoms with Gasteiger partial charge in [0.05, 0.1) is 5.56 Å². The van der Waals surface area contributed by atoms with Crippen molar-refractivity contribution in [2.24, 2.45) is 0 Å². The molecule has 8 heteroatoms. The van der Waals surface area contributed by atoms with E-state index in [4.69, 9.17) is 5.26 Å². The molecule has 2 amide bonds. The van der Waals surface area contributed by atoms with Crippen LogP contribution in [-0.2, 0) is 6.54 Å². The molecule has 0 unspecified atom stereocenters. The van der Waals surface area contributed by atoms with E-state index in [0.717, 1.165) is 12.4 Å². The minimum absolute atomic E-state index is 0.106. The van der Waals surface area contributed by atoms with Gasteiger partial charge in [-0.15, -0.1) is 0 Å². The van der Waals surface area contributed by atoms with Crippen LogP contribution < -0.4 is 10.2 Å². The molecular formula is C19H23N7O. The largest absolute Gasteiger partial charge is 0.353 e. The van der Waals surface area contributed by atoms with E-state index in [9.17, 15) is 4.79 Å². The number of amides is 2. The smallest absolute Gasteiger partial charge is 0.323 e. The van der Waals surface area contributed by atoms with Crippen molar-refractivity contribution in [2.45, 2.75) is 32.2 Å². The first-order valence-corrected chi connectivity index (χ1v) is 9.42. The van der Waals surface area contributed by atoms with E-state index in [1.807, 2.05) is 21.7 Å². The molecule has 2 fully saturated rings. The lowest BCUT2D eigenvalue weighted by Gasteiger charge is -2.35. The average molecular weight is 365 g/mol. The predicted octanol–water partition coefficient (Wildman–Crippen LogP) is 2.40. The van der Waals surface area contributed by atoms with E-state index in [0.29, 0.717) is 43.5 Å². The fraction of sp³-hybridized carbons (Fsp3) is 0.474. The number of aromatic nitrogens is 3. The number of nitrogens with zero attached hydrogens (tertiary/aromatic N) is 6. The third kappa shape index (κ3) is 3.72. The molecule has 2 aliphatic rings. The molecule has 0 atom stereocenters. The molecule has 0 aromatic carbocycles. The molecular weight excluding hydrogens is 342 g/mol. The maximum absolute atomic E-state index is 12.6. The average Bonchev–Trinajstić information content (AvgIpc) is 3.48. The molecule has 1 aliphatic heterocycles. The highest BCUT2D eigenvalue weighted by Gasteiger charge is 2.28. The lowest BCUT2D eigenvalue weighted by molar-refractivity contribution is 0.208. The summed E-state index contributed by atoms with van der Waals surface area (Å²) in [5.74, 6) is 2.08. The van der Waals surface area contributed by atoms with Crippen LogP contribution in [0, 0.1) is 11.3 Å². The van der Waals surface area contributed by atoms with Crippen LogP contribution in [0.2, 0.25) is 0 Å². The Morgan fingerprint density at radius 2 is 2.07 bits per heavy atom. The standard InChI is InChI=1S/C19H23N7O/c1-2-26-16(15-4-5-15)11-17(23-26)22-19(27)25-9-7-24(8-10-25)18-6-3-14(12-20)13-21-18/h3,6,11,13,15H,2,4-5,7-10H2,1H3,(H,22,23,27). The quantitative estimate of drug-likeness (QED) is 0.898. The summed E-state index contributed by atoms with van der Waals surface area (Å²) in [7, 11) is 0. The molecule has 4 rings (SSSR count). The first kappa shape index (κ1) is 17.3. The molecule has 0 bridgehead atoms. The van der Waals surface area contributed by atoms with Crippen molar-refractivity contribution < 1.29 is 4.79 Å². The Kier molecular flexibility index (Phi) is 4.67. The van der Waals surface area contributed by atoms with Gasteiger partial charge in [0, 0.05) is 56.6 Å². The number of piperazine rings is 1. The molecule has 8 nitrogen and oxygen atoms in total. The zero-order chi connectivity index (χ0) is 18.8. The lowest BCUT2D eigenvalue weighted by atomic mass is 10.2. The SMILES string of the molecule is CCn1nc(NC(=O)N2CCN(c3ccc(C#N)cn3)CC2)cc1C1CC1. The third-order valence-electron chi connectivity index (χ3n) is 5.11. The van der Waals surface area contributed by atoms with Gasteiger partial charge in [-0.2, -0.15) is 10.4 Å². The maximum atomic E-state index is 12.6. The molecule has 2 aromatic rings. The van der Waals surface area contributed by atoms with Crippen LogP contribution in [0.25, 0.3) is 0 Å². The second-order valence-corrected chi connectivity index (χ2v) is 6.97. The van der Waals surface area contributed by atoms with Gasteiger partial charge in [0.15, 0.2) is 5.82 Å². The van der Waals surface area contributed by atoms with Crippen molar-refractivity contribution in [3.8, 4) is 6.07 Å². The normalized spacial score (nSPS) is 16.9. The van der Waals surface area contributed by atoms with E-state index in [1.165, 1.54) is 18.5 Å². The van der Waals surface area contributed by atoms with E-state index in [2.05, 4.69) is 33.3 Å². The van der Waals surface area contributed by atoms with Gasteiger partial charge in [0.25, 0.3) is 0 Å². The summed E-state index contributed by atoms with van der Waals surface area (Å²) in [6.07, 6.45) is 4.00. The minimum Gasteiger partial charge on any atom is -0.353 e.